The van der Waals surface area contributed by atoms with Gasteiger partial charge in [-0.1, -0.05) is 12.1 Å². The summed E-state index contributed by atoms with van der Waals surface area (Å²) in [6, 6.07) is 11.7. The van der Waals surface area contributed by atoms with Crippen molar-refractivity contribution in [2.45, 2.75) is 13.5 Å². The number of carbonyl (C=O) groups excluding carboxylic acids is 3. The molecule has 0 aliphatic rings. The summed E-state index contributed by atoms with van der Waals surface area (Å²) in [6.07, 6.45) is 0. The maximum Gasteiger partial charge on any atom is 0.248 e. The van der Waals surface area contributed by atoms with Crippen LogP contribution in [0.5, 0.6) is 5.75 Å². The fourth-order valence-electron chi connectivity index (χ4n) is 2.66. The number of rotatable bonds is 9. The van der Waals surface area contributed by atoms with Gasteiger partial charge < -0.3 is 21.5 Å². The Bertz CT molecular complexity index is 833. The molecule has 2 aromatic rings. The molecule has 2 aromatic carbocycles. The molecule has 0 aromatic heterocycles. The lowest BCUT2D eigenvalue weighted by molar-refractivity contribution is -0.117. The number of hydrogen-bond acceptors (Lipinski definition) is 5. The SMILES string of the molecule is CCOc1ccc(CN(C)CC(=O)Nc2cc(C(N)=O)cc(C(N)=O)c2)cc1. The summed E-state index contributed by atoms with van der Waals surface area (Å²) in [5.74, 6) is -0.936. The third kappa shape index (κ3) is 6.10. The van der Waals surface area contributed by atoms with Crippen molar-refractivity contribution in [3.63, 3.8) is 0 Å². The largest absolute Gasteiger partial charge is 0.494 e. The summed E-state index contributed by atoms with van der Waals surface area (Å²) in [5.41, 5.74) is 12.0. The van der Waals surface area contributed by atoms with Crippen LogP contribution in [0.15, 0.2) is 42.5 Å². The zero-order valence-electron chi connectivity index (χ0n) is 15.9. The van der Waals surface area contributed by atoms with Crippen molar-refractivity contribution in [2.24, 2.45) is 11.5 Å². The van der Waals surface area contributed by atoms with Crippen molar-refractivity contribution in [3.05, 3.63) is 59.2 Å². The molecular formula is C20H24N4O4. The molecule has 0 bridgehead atoms. The molecular weight excluding hydrogens is 360 g/mol. The van der Waals surface area contributed by atoms with Gasteiger partial charge >= 0.3 is 0 Å². The van der Waals surface area contributed by atoms with Crippen LogP contribution in [0.25, 0.3) is 0 Å². The first-order valence-corrected chi connectivity index (χ1v) is 8.73. The molecule has 8 heteroatoms. The number of likely N-dealkylation sites (N-methyl/N-ethyl adjacent to an activating group) is 1. The molecule has 5 N–H and O–H groups in total. The Kier molecular flexibility index (Phi) is 7.11. The van der Waals surface area contributed by atoms with E-state index in [1.807, 2.05) is 43.1 Å². The van der Waals surface area contributed by atoms with Crippen molar-refractivity contribution < 1.29 is 19.1 Å². The van der Waals surface area contributed by atoms with Gasteiger partial charge in [-0.3, -0.25) is 19.3 Å². The van der Waals surface area contributed by atoms with Crippen LogP contribution >= 0.6 is 0 Å². The van der Waals surface area contributed by atoms with Crippen LogP contribution in [0.4, 0.5) is 5.69 Å². The maximum absolute atomic E-state index is 12.3. The van der Waals surface area contributed by atoms with Gasteiger partial charge in [0, 0.05) is 23.4 Å². The van der Waals surface area contributed by atoms with Gasteiger partial charge in [0.25, 0.3) is 0 Å². The van der Waals surface area contributed by atoms with E-state index in [9.17, 15) is 14.4 Å². The highest BCUT2D eigenvalue weighted by atomic mass is 16.5. The van der Waals surface area contributed by atoms with Crippen molar-refractivity contribution in [1.82, 2.24) is 4.90 Å². The van der Waals surface area contributed by atoms with Gasteiger partial charge in [0.05, 0.1) is 13.2 Å². The van der Waals surface area contributed by atoms with Gasteiger partial charge in [0.1, 0.15) is 5.75 Å². The molecule has 3 amide bonds. The molecule has 0 saturated carbocycles. The number of ether oxygens (including phenoxy) is 1. The lowest BCUT2D eigenvalue weighted by Crippen LogP contribution is -2.30. The lowest BCUT2D eigenvalue weighted by atomic mass is 10.1. The number of nitrogens with two attached hydrogens (primary N) is 2. The quantitative estimate of drug-likeness (QED) is 0.601. The summed E-state index contributed by atoms with van der Waals surface area (Å²) in [7, 11) is 1.81. The number of hydrogen-bond donors (Lipinski definition) is 3. The molecule has 0 saturated heterocycles. The number of benzene rings is 2. The van der Waals surface area contributed by atoms with E-state index < -0.39 is 11.8 Å². The van der Waals surface area contributed by atoms with E-state index in [1.165, 1.54) is 18.2 Å². The molecule has 28 heavy (non-hydrogen) atoms. The number of amides is 3. The van der Waals surface area contributed by atoms with Gasteiger partial charge in [0.2, 0.25) is 17.7 Å². The summed E-state index contributed by atoms with van der Waals surface area (Å²) in [4.78, 5) is 36.9. The first-order chi connectivity index (χ1) is 13.3. The average molecular weight is 384 g/mol. The molecule has 0 spiro atoms. The number of carbonyl (C=O) groups is 3. The molecule has 0 fully saturated rings. The maximum atomic E-state index is 12.3. The minimum atomic E-state index is -0.716. The van der Waals surface area contributed by atoms with Gasteiger partial charge in [-0.15, -0.1) is 0 Å². The van der Waals surface area contributed by atoms with Gasteiger partial charge in [-0.05, 0) is 49.9 Å². The highest BCUT2D eigenvalue weighted by Crippen LogP contribution is 2.16. The number of primary amides is 2. The van der Waals surface area contributed by atoms with Crippen LogP contribution in [0.3, 0.4) is 0 Å². The number of anilines is 1. The Morgan fingerprint density at radius 1 is 1.00 bits per heavy atom. The van der Waals surface area contributed by atoms with E-state index >= 15 is 0 Å². The van der Waals surface area contributed by atoms with Gasteiger partial charge in [-0.2, -0.15) is 0 Å². The van der Waals surface area contributed by atoms with E-state index in [0.29, 0.717) is 13.2 Å². The first-order valence-electron chi connectivity index (χ1n) is 8.73. The monoisotopic (exact) mass is 384 g/mol. The Hall–Kier alpha value is -3.39. The smallest absolute Gasteiger partial charge is 0.248 e. The summed E-state index contributed by atoms with van der Waals surface area (Å²) >= 11 is 0. The van der Waals surface area contributed by atoms with Crippen molar-refractivity contribution in [2.75, 3.05) is 25.5 Å². The van der Waals surface area contributed by atoms with Gasteiger partial charge in [0.15, 0.2) is 0 Å². The Morgan fingerprint density at radius 2 is 1.57 bits per heavy atom. The summed E-state index contributed by atoms with van der Waals surface area (Å²) in [6.45, 7) is 3.20. The van der Waals surface area contributed by atoms with E-state index in [0.717, 1.165) is 11.3 Å². The molecule has 0 atom stereocenters. The van der Waals surface area contributed by atoms with E-state index in [-0.39, 0.29) is 29.3 Å². The second-order valence-electron chi connectivity index (χ2n) is 6.32. The highest BCUT2D eigenvalue weighted by molar-refractivity contribution is 6.01. The third-order valence-electron chi connectivity index (χ3n) is 3.89. The second-order valence-corrected chi connectivity index (χ2v) is 6.32. The standard InChI is InChI=1S/C20H24N4O4/c1-3-28-17-6-4-13(5-7-17)11-24(2)12-18(25)23-16-9-14(19(21)26)8-15(10-16)20(22)27/h4-10H,3,11-12H2,1-2H3,(H2,21,26)(H2,22,27)(H,23,25). The summed E-state index contributed by atoms with van der Waals surface area (Å²) in [5, 5.41) is 2.66. The summed E-state index contributed by atoms with van der Waals surface area (Å²) < 4.78 is 5.41. The Balaban J connectivity index is 1.99. The predicted octanol–water partition coefficient (Wildman–Crippen LogP) is 1.35. The van der Waals surface area contributed by atoms with Crippen molar-refractivity contribution in [1.29, 1.82) is 0 Å². The minimum absolute atomic E-state index is 0.0920. The van der Waals surface area contributed by atoms with E-state index in [4.69, 9.17) is 16.2 Å². The third-order valence-corrected chi connectivity index (χ3v) is 3.89. The Morgan fingerprint density at radius 3 is 2.07 bits per heavy atom. The van der Waals surface area contributed by atoms with Gasteiger partial charge in [-0.25, -0.2) is 0 Å². The van der Waals surface area contributed by atoms with Crippen molar-refractivity contribution in [3.8, 4) is 5.75 Å². The number of nitrogens with one attached hydrogen (secondary N) is 1. The van der Waals surface area contributed by atoms with Crippen LogP contribution in [-0.2, 0) is 11.3 Å². The molecule has 148 valence electrons. The highest BCUT2D eigenvalue weighted by Gasteiger charge is 2.12. The second kappa shape index (κ2) is 9.52. The molecule has 8 nitrogen and oxygen atoms in total. The fourth-order valence-corrected chi connectivity index (χ4v) is 2.66. The van der Waals surface area contributed by atoms with E-state index in [2.05, 4.69) is 5.32 Å². The minimum Gasteiger partial charge on any atom is -0.494 e. The predicted molar refractivity (Wildman–Crippen MR) is 106 cm³/mol. The molecule has 0 aliphatic carbocycles. The molecule has 0 radical (unpaired) electrons. The zero-order chi connectivity index (χ0) is 20.7. The molecule has 2 rings (SSSR count). The molecule has 0 heterocycles. The van der Waals surface area contributed by atoms with Crippen LogP contribution < -0.4 is 21.5 Å². The average Bonchev–Trinajstić information content (AvgIpc) is 2.63. The lowest BCUT2D eigenvalue weighted by Gasteiger charge is -2.17. The topological polar surface area (TPSA) is 128 Å². The first kappa shape index (κ1) is 20.9. The van der Waals surface area contributed by atoms with Crippen LogP contribution in [0, 0.1) is 0 Å². The fraction of sp³-hybridized carbons (Fsp3) is 0.250. The van der Waals surface area contributed by atoms with E-state index in [1.54, 1.807) is 0 Å². The number of nitrogens with zero attached hydrogens (tertiary/aromatic N) is 1. The normalized spacial score (nSPS) is 10.5. The van der Waals surface area contributed by atoms with Crippen molar-refractivity contribution >= 4 is 23.4 Å². The molecule has 0 unspecified atom stereocenters. The van der Waals surface area contributed by atoms with Crippen LogP contribution in [0.2, 0.25) is 0 Å². The molecule has 0 aliphatic heterocycles. The van der Waals surface area contributed by atoms with Crippen LogP contribution in [-0.4, -0.2) is 42.8 Å². The van der Waals surface area contributed by atoms with Crippen LogP contribution in [0.1, 0.15) is 33.2 Å². The zero-order valence-corrected chi connectivity index (χ0v) is 15.9. The Labute approximate surface area is 163 Å².